The molecule has 0 aliphatic heterocycles. The standard InChI is InChI=1S/C18H28N4O5/c1-18(2,3)27-17(23)20-14-15-4-6-16(7-5-15)26-13-12-25-11-10-24-9-8-21-22-19/h4-7H,8-14H2,1-3H3,(H,20,23). The fourth-order valence-corrected chi connectivity index (χ4v) is 1.88. The van der Waals surface area contributed by atoms with E-state index in [1.807, 2.05) is 45.0 Å². The van der Waals surface area contributed by atoms with Gasteiger partial charge in [0.15, 0.2) is 0 Å². The quantitative estimate of drug-likeness (QED) is 0.258. The normalized spacial score (nSPS) is 10.8. The van der Waals surface area contributed by atoms with Crippen LogP contribution in [-0.2, 0) is 20.8 Å². The predicted octanol–water partition coefficient (Wildman–Crippen LogP) is 3.43. The minimum atomic E-state index is -0.512. The Morgan fingerprint density at radius 1 is 1.07 bits per heavy atom. The molecule has 0 aliphatic carbocycles. The van der Waals surface area contributed by atoms with Gasteiger partial charge in [-0.1, -0.05) is 17.2 Å². The lowest BCUT2D eigenvalue weighted by Gasteiger charge is -2.19. The van der Waals surface area contributed by atoms with Crippen LogP contribution in [0.15, 0.2) is 29.4 Å². The SMILES string of the molecule is CC(C)(C)OC(=O)NCc1ccc(OCCOCCOCCN=[N+]=[N-])cc1. The number of rotatable bonds is 12. The van der Waals surface area contributed by atoms with Gasteiger partial charge in [0, 0.05) is 18.0 Å². The van der Waals surface area contributed by atoms with Crippen molar-refractivity contribution < 1.29 is 23.7 Å². The molecule has 1 amide bonds. The van der Waals surface area contributed by atoms with Crippen molar-refractivity contribution >= 4 is 6.09 Å². The van der Waals surface area contributed by atoms with Gasteiger partial charge in [0.2, 0.25) is 0 Å². The van der Waals surface area contributed by atoms with E-state index < -0.39 is 11.7 Å². The van der Waals surface area contributed by atoms with E-state index in [4.69, 9.17) is 24.5 Å². The van der Waals surface area contributed by atoms with Gasteiger partial charge >= 0.3 is 6.09 Å². The molecular weight excluding hydrogens is 352 g/mol. The van der Waals surface area contributed by atoms with E-state index in [0.717, 1.165) is 11.3 Å². The molecule has 0 aromatic heterocycles. The molecule has 9 nitrogen and oxygen atoms in total. The molecule has 1 rings (SSSR count). The van der Waals surface area contributed by atoms with Crippen molar-refractivity contribution in [2.45, 2.75) is 32.9 Å². The second-order valence-electron chi connectivity index (χ2n) is 6.53. The van der Waals surface area contributed by atoms with Gasteiger partial charge in [0.1, 0.15) is 18.0 Å². The summed E-state index contributed by atoms with van der Waals surface area (Å²) in [7, 11) is 0. The summed E-state index contributed by atoms with van der Waals surface area (Å²) in [6, 6.07) is 7.44. The molecular formula is C18H28N4O5. The van der Waals surface area contributed by atoms with Crippen molar-refractivity contribution in [1.82, 2.24) is 5.32 Å². The van der Waals surface area contributed by atoms with Crippen molar-refractivity contribution in [2.75, 3.05) is 39.6 Å². The minimum absolute atomic E-state index is 0.322. The van der Waals surface area contributed by atoms with Gasteiger partial charge in [-0.05, 0) is 44.0 Å². The number of alkyl carbamates (subject to hydrolysis) is 1. The Morgan fingerprint density at radius 3 is 2.33 bits per heavy atom. The summed E-state index contributed by atoms with van der Waals surface area (Å²) in [6.45, 7) is 8.33. The Labute approximate surface area is 159 Å². The molecule has 0 saturated carbocycles. The largest absolute Gasteiger partial charge is 0.491 e. The summed E-state index contributed by atoms with van der Waals surface area (Å²) in [5.74, 6) is 0.727. The molecule has 1 aromatic carbocycles. The van der Waals surface area contributed by atoms with Crippen LogP contribution in [0.3, 0.4) is 0 Å². The number of benzene rings is 1. The molecule has 0 heterocycles. The molecule has 0 atom stereocenters. The monoisotopic (exact) mass is 380 g/mol. The fourth-order valence-electron chi connectivity index (χ4n) is 1.88. The fraction of sp³-hybridized carbons (Fsp3) is 0.611. The first-order valence-electron chi connectivity index (χ1n) is 8.75. The smallest absolute Gasteiger partial charge is 0.407 e. The van der Waals surface area contributed by atoms with Gasteiger partial charge < -0.3 is 24.3 Å². The Kier molecular flexibility index (Phi) is 10.7. The van der Waals surface area contributed by atoms with Gasteiger partial charge in [-0.3, -0.25) is 0 Å². The van der Waals surface area contributed by atoms with Crippen LogP contribution in [0.5, 0.6) is 5.75 Å². The number of amides is 1. The van der Waals surface area contributed by atoms with Gasteiger partial charge in [-0.2, -0.15) is 0 Å². The highest BCUT2D eigenvalue weighted by atomic mass is 16.6. The maximum absolute atomic E-state index is 11.6. The summed E-state index contributed by atoms with van der Waals surface area (Å²) < 4.78 is 21.3. The van der Waals surface area contributed by atoms with Crippen LogP contribution in [-0.4, -0.2) is 51.3 Å². The van der Waals surface area contributed by atoms with Crippen molar-refractivity contribution in [3.63, 3.8) is 0 Å². The first kappa shape index (κ1) is 22.6. The highest BCUT2D eigenvalue weighted by Gasteiger charge is 2.15. The summed E-state index contributed by atoms with van der Waals surface area (Å²) >= 11 is 0. The van der Waals surface area contributed by atoms with E-state index in [-0.39, 0.29) is 0 Å². The Hall–Kier alpha value is -2.48. The third-order valence-corrected chi connectivity index (χ3v) is 3.03. The highest BCUT2D eigenvalue weighted by Crippen LogP contribution is 2.12. The van der Waals surface area contributed by atoms with E-state index >= 15 is 0 Å². The summed E-state index contributed by atoms with van der Waals surface area (Å²) in [4.78, 5) is 14.2. The Balaban J connectivity index is 2.11. The topological polar surface area (TPSA) is 115 Å². The number of carbonyl (C=O) groups excluding carboxylic acids is 1. The second-order valence-corrected chi connectivity index (χ2v) is 6.53. The van der Waals surface area contributed by atoms with E-state index in [1.54, 1.807) is 0 Å². The first-order valence-corrected chi connectivity index (χ1v) is 8.75. The first-order chi connectivity index (χ1) is 12.9. The third kappa shape index (κ3) is 12.5. The molecule has 9 heteroatoms. The zero-order chi connectivity index (χ0) is 20.0. The third-order valence-electron chi connectivity index (χ3n) is 3.03. The van der Waals surface area contributed by atoms with E-state index in [9.17, 15) is 4.79 Å². The van der Waals surface area contributed by atoms with Gasteiger partial charge in [-0.15, -0.1) is 0 Å². The van der Waals surface area contributed by atoms with Gasteiger partial charge in [-0.25, -0.2) is 4.79 Å². The Bertz CT molecular complexity index is 595. The lowest BCUT2D eigenvalue weighted by Crippen LogP contribution is -2.32. The number of azide groups is 1. The number of hydrogen-bond donors (Lipinski definition) is 1. The summed E-state index contributed by atoms with van der Waals surface area (Å²) in [5, 5.41) is 6.07. The molecule has 0 unspecified atom stereocenters. The van der Waals surface area contributed by atoms with Crippen molar-refractivity contribution in [2.24, 2.45) is 5.11 Å². The van der Waals surface area contributed by atoms with E-state index in [2.05, 4.69) is 15.3 Å². The molecule has 0 radical (unpaired) electrons. The lowest BCUT2D eigenvalue weighted by molar-refractivity contribution is 0.0388. The van der Waals surface area contributed by atoms with Crippen LogP contribution in [0.1, 0.15) is 26.3 Å². The van der Waals surface area contributed by atoms with Crippen molar-refractivity contribution in [3.8, 4) is 5.75 Å². The Morgan fingerprint density at radius 2 is 1.70 bits per heavy atom. The van der Waals surface area contributed by atoms with Crippen molar-refractivity contribution in [3.05, 3.63) is 40.3 Å². The molecule has 0 aliphatic rings. The molecule has 1 aromatic rings. The second kappa shape index (κ2) is 12.8. The van der Waals surface area contributed by atoms with Crippen LogP contribution in [0.4, 0.5) is 4.79 Å². The van der Waals surface area contributed by atoms with Crippen LogP contribution < -0.4 is 10.1 Å². The van der Waals surface area contributed by atoms with Gasteiger partial charge in [0.05, 0.1) is 26.4 Å². The number of hydrogen-bond acceptors (Lipinski definition) is 6. The number of carbonyl (C=O) groups is 1. The van der Waals surface area contributed by atoms with Gasteiger partial charge in [0.25, 0.3) is 0 Å². The summed E-state index contributed by atoms with van der Waals surface area (Å²) in [5.41, 5.74) is 8.54. The summed E-state index contributed by atoms with van der Waals surface area (Å²) in [6.07, 6.45) is -0.443. The number of nitrogens with one attached hydrogen (secondary N) is 1. The molecule has 27 heavy (non-hydrogen) atoms. The number of nitrogens with zero attached hydrogens (tertiary/aromatic N) is 3. The van der Waals surface area contributed by atoms with Crippen LogP contribution in [0, 0.1) is 0 Å². The van der Waals surface area contributed by atoms with Crippen LogP contribution >= 0.6 is 0 Å². The molecule has 150 valence electrons. The maximum atomic E-state index is 11.6. The average molecular weight is 380 g/mol. The molecule has 0 fully saturated rings. The molecule has 0 bridgehead atoms. The van der Waals surface area contributed by atoms with E-state index in [0.29, 0.717) is 46.1 Å². The molecule has 0 spiro atoms. The van der Waals surface area contributed by atoms with Crippen LogP contribution in [0.25, 0.3) is 10.4 Å². The molecule has 1 N–H and O–H groups in total. The molecule has 0 saturated heterocycles. The van der Waals surface area contributed by atoms with Crippen molar-refractivity contribution in [1.29, 1.82) is 0 Å². The maximum Gasteiger partial charge on any atom is 0.407 e. The predicted molar refractivity (Wildman–Crippen MR) is 101 cm³/mol. The lowest BCUT2D eigenvalue weighted by atomic mass is 10.2. The zero-order valence-electron chi connectivity index (χ0n) is 16.1. The van der Waals surface area contributed by atoms with E-state index in [1.165, 1.54) is 0 Å². The number of ether oxygens (including phenoxy) is 4. The van der Waals surface area contributed by atoms with Crippen LogP contribution in [0.2, 0.25) is 0 Å². The minimum Gasteiger partial charge on any atom is -0.491 e. The highest BCUT2D eigenvalue weighted by molar-refractivity contribution is 5.67. The average Bonchev–Trinajstić information content (AvgIpc) is 2.61. The zero-order valence-corrected chi connectivity index (χ0v) is 16.1.